The SMILES string of the molecule is CNc1ccc(Cl)cc1C(=O)Nc1cccc(COC)c1. The van der Waals surface area contributed by atoms with Crippen LogP contribution in [-0.2, 0) is 11.3 Å². The molecule has 2 N–H and O–H groups in total. The van der Waals surface area contributed by atoms with Crippen molar-refractivity contribution in [2.24, 2.45) is 0 Å². The first-order valence-electron chi connectivity index (χ1n) is 6.50. The van der Waals surface area contributed by atoms with Crippen LogP contribution < -0.4 is 10.6 Å². The van der Waals surface area contributed by atoms with E-state index in [2.05, 4.69) is 10.6 Å². The summed E-state index contributed by atoms with van der Waals surface area (Å²) >= 11 is 5.96. The summed E-state index contributed by atoms with van der Waals surface area (Å²) in [6, 6.07) is 12.7. The van der Waals surface area contributed by atoms with Gasteiger partial charge in [0.2, 0.25) is 0 Å². The molecule has 0 aliphatic carbocycles. The maximum absolute atomic E-state index is 12.4. The van der Waals surface area contributed by atoms with Gasteiger partial charge in [0.15, 0.2) is 0 Å². The Labute approximate surface area is 129 Å². The fraction of sp³-hybridized carbons (Fsp3) is 0.188. The number of amides is 1. The maximum Gasteiger partial charge on any atom is 0.257 e. The van der Waals surface area contributed by atoms with Gasteiger partial charge in [-0.1, -0.05) is 23.7 Å². The molecule has 0 spiro atoms. The summed E-state index contributed by atoms with van der Waals surface area (Å²) in [7, 11) is 3.40. The Morgan fingerprint density at radius 3 is 2.76 bits per heavy atom. The molecule has 2 aromatic carbocycles. The van der Waals surface area contributed by atoms with Gasteiger partial charge in [0.05, 0.1) is 12.2 Å². The summed E-state index contributed by atoms with van der Waals surface area (Å²) in [5.41, 5.74) is 2.94. The van der Waals surface area contributed by atoms with Crippen LogP contribution in [0.5, 0.6) is 0 Å². The van der Waals surface area contributed by atoms with Crippen molar-refractivity contribution in [3.8, 4) is 0 Å². The second-order valence-corrected chi connectivity index (χ2v) is 4.96. The first-order chi connectivity index (χ1) is 10.1. The lowest BCUT2D eigenvalue weighted by atomic mass is 10.1. The van der Waals surface area contributed by atoms with Crippen LogP contribution in [0.25, 0.3) is 0 Å². The van der Waals surface area contributed by atoms with Crippen LogP contribution in [0.2, 0.25) is 5.02 Å². The van der Waals surface area contributed by atoms with Crippen molar-refractivity contribution < 1.29 is 9.53 Å². The van der Waals surface area contributed by atoms with Crippen molar-refractivity contribution in [1.29, 1.82) is 0 Å². The van der Waals surface area contributed by atoms with E-state index in [0.717, 1.165) is 16.9 Å². The minimum atomic E-state index is -0.212. The van der Waals surface area contributed by atoms with Gasteiger partial charge in [-0.15, -0.1) is 0 Å². The average Bonchev–Trinajstić information content (AvgIpc) is 2.48. The number of nitrogens with one attached hydrogen (secondary N) is 2. The number of hydrogen-bond acceptors (Lipinski definition) is 3. The van der Waals surface area contributed by atoms with Crippen LogP contribution in [0.3, 0.4) is 0 Å². The molecule has 0 bridgehead atoms. The van der Waals surface area contributed by atoms with Gasteiger partial charge in [-0.25, -0.2) is 0 Å². The minimum absolute atomic E-state index is 0.212. The number of ether oxygens (including phenoxy) is 1. The molecular formula is C16H17ClN2O2. The molecular weight excluding hydrogens is 288 g/mol. The summed E-state index contributed by atoms with van der Waals surface area (Å²) < 4.78 is 5.08. The molecule has 110 valence electrons. The molecule has 0 atom stereocenters. The zero-order chi connectivity index (χ0) is 15.2. The fourth-order valence-electron chi connectivity index (χ4n) is 2.03. The molecule has 0 aliphatic heterocycles. The molecule has 0 fully saturated rings. The van der Waals surface area contributed by atoms with Gasteiger partial charge in [-0.2, -0.15) is 0 Å². The molecule has 0 aromatic heterocycles. The number of rotatable bonds is 5. The first-order valence-corrected chi connectivity index (χ1v) is 6.88. The highest BCUT2D eigenvalue weighted by Gasteiger charge is 2.12. The number of halogens is 1. The van der Waals surface area contributed by atoms with E-state index in [1.54, 1.807) is 32.4 Å². The Bertz CT molecular complexity index is 644. The molecule has 2 aromatic rings. The molecule has 5 heteroatoms. The second kappa shape index (κ2) is 7.11. The summed E-state index contributed by atoms with van der Waals surface area (Å²) in [6.07, 6.45) is 0. The Morgan fingerprint density at radius 1 is 1.24 bits per heavy atom. The Balaban J connectivity index is 2.21. The van der Waals surface area contributed by atoms with E-state index in [4.69, 9.17) is 16.3 Å². The largest absolute Gasteiger partial charge is 0.387 e. The second-order valence-electron chi connectivity index (χ2n) is 4.53. The quantitative estimate of drug-likeness (QED) is 0.884. The van der Waals surface area contributed by atoms with Crippen LogP contribution in [0.1, 0.15) is 15.9 Å². The molecule has 21 heavy (non-hydrogen) atoms. The van der Waals surface area contributed by atoms with E-state index in [0.29, 0.717) is 17.2 Å². The van der Waals surface area contributed by atoms with Crippen molar-refractivity contribution in [3.05, 3.63) is 58.6 Å². The van der Waals surface area contributed by atoms with E-state index in [1.807, 2.05) is 24.3 Å². The van der Waals surface area contributed by atoms with Gasteiger partial charge in [0.25, 0.3) is 5.91 Å². The highest BCUT2D eigenvalue weighted by molar-refractivity contribution is 6.31. The van der Waals surface area contributed by atoms with Crippen molar-refractivity contribution in [1.82, 2.24) is 0 Å². The number of carbonyl (C=O) groups excluding carboxylic acids is 1. The van der Waals surface area contributed by atoms with Crippen molar-refractivity contribution in [2.45, 2.75) is 6.61 Å². The third-order valence-corrected chi connectivity index (χ3v) is 3.23. The molecule has 2 rings (SSSR count). The molecule has 0 heterocycles. The van der Waals surface area contributed by atoms with Crippen molar-refractivity contribution in [3.63, 3.8) is 0 Å². The molecule has 0 saturated carbocycles. The normalized spacial score (nSPS) is 10.2. The molecule has 0 unspecified atom stereocenters. The van der Waals surface area contributed by atoms with Crippen LogP contribution >= 0.6 is 11.6 Å². The van der Waals surface area contributed by atoms with Crippen LogP contribution in [0, 0.1) is 0 Å². The minimum Gasteiger partial charge on any atom is -0.387 e. The van der Waals surface area contributed by atoms with Crippen molar-refractivity contribution >= 4 is 28.9 Å². The van der Waals surface area contributed by atoms with Gasteiger partial charge in [-0.05, 0) is 35.9 Å². The van der Waals surface area contributed by atoms with Gasteiger partial charge >= 0.3 is 0 Å². The standard InChI is InChI=1S/C16H17ClN2O2/c1-18-15-7-6-12(17)9-14(15)16(20)19-13-5-3-4-11(8-13)10-21-2/h3-9,18H,10H2,1-2H3,(H,19,20). The topological polar surface area (TPSA) is 50.4 Å². The summed E-state index contributed by atoms with van der Waals surface area (Å²) in [5.74, 6) is -0.212. The number of anilines is 2. The third-order valence-electron chi connectivity index (χ3n) is 2.99. The average molecular weight is 305 g/mol. The lowest BCUT2D eigenvalue weighted by molar-refractivity contribution is 0.102. The first kappa shape index (κ1) is 15.4. The number of benzene rings is 2. The number of hydrogen-bond donors (Lipinski definition) is 2. The van der Waals surface area contributed by atoms with Gasteiger partial charge < -0.3 is 15.4 Å². The predicted molar refractivity (Wildman–Crippen MR) is 86.1 cm³/mol. The Kier molecular flexibility index (Phi) is 5.20. The monoisotopic (exact) mass is 304 g/mol. The van der Waals surface area contributed by atoms with Crippen molar-refractivity contribution in [2.75, 3.05) is 24.8 Å². The third kappa shape index (κ3) is 3.97. The molecule has 1 amide bonds. The highest BCUT2D eigenvalue weighted by atomic mass is 35.5. The fourth-order valence-corrected chi connectivity index (χ4v) is 2.20. The van der Waals surface area contributed by atoms with Gasteiger partial charge in [0.1, 0.15) is 0 Å². The smallest absolute Gasteiger partial charge is 0.257 e. The highest BCUT2D eigenvalue weighted by Crippen LogP contribution is 2.22. The molecule has 0 radical (unpaired) electrons. The summed E-state index contributed by atoms with van der Waals surface area (Å²) in [5, 5.41) is 6.37. The molecule has 0 saturated heterocycles. The number of carbonyl (C=O) groups is 1. The van der Waals surface area contributed by atoms with E-state index >= 15 is 0 Å². The number of methoxy groups -OCH3 is 1. The lowest BCUT2D eigenvalue weighted by Gasteiger charge is -2.11. The Hall–Kier alpha value is -2.04. The molecule has 4 nitrogen and oxygen atoms in total. The molecule has 0 aliphatic rings. The maximum atomic E-state index is 12.4. The van der Waals surface area contributed by atoms with Gasteiger partial charge in [0, 0.05) is 30.6 Å². The summed E-state index contributed by atoms with van der Waals surface area (Å²) in [6.45, 7) is 0.503. The lowest BCUT2D eigenvalue weighted by Crippen LogP contribution is -2.14. The van der Waals surface area contributed by atoms with Crippen LogP contribution in [-0.4, -0.2) is 20.1 Å². The van der Waals surface area contributed by atoms with E-state index < -0.39 is 0 Å². The predicted octanol–water partition coefficient (Wildman–Crippen LogP) is 3.78. The summed E-state index contributed by atoms with van der Waals surface area (Å²) in [4.78, 5) is 12.4. The van der Waals surface area contributed by atoms with Crippen LogP contribution in [0.15, 0.2) is 42.5 Å². The zero-order valence-corrected chi connectivity index (χ0v) is 12.7. The van der Waals surface area contributed by atoms with Crippen LogP contribution in [0.4, 0.5) is 11.4 Å². The van der Waals surface area contributed by atoms with E-state index in [1.165, 1.54) is 0 Å². The van der Waals surface area contributed by atoms with E-state index in [9.17, 15) is 4.79 Å². The Morgan fingerprint density at radius 2 is 2.05 bits per heavy atom. The van der Waals surface area contributed by atoms with Gasteiger partial charge in [-0.3, -0.25) is 4.79 Å². The van der Waals surface area contributed by atoms with E-state index in [-0.39, 0.29) is 5.91 Å². The zero-order valence-electron chi connectivity index (χ0n) is 11.9.